The van der Waals surface area contributed by atoms with Gasteiger partial charge in [-0.25, -0.2) is 0 Å². The van der Waals surface area contributed by atoms with E-state index in [-0.39, 0.29) is 0 Å². The molecule has 0 aliphatic heterocycles. The number of para-hydroxylation sites is 1. The van der Waals surface area contributed by atoms with Gasteiger partial charge in [-0.2, -0.15) is 0 Å². The molecule has 0 spiro atoms. The second-order valence-electron chi connectivity index (χ2n) is 5.05. The summed E-state index contributed by atoms with van der Waals surface area (Å²) in [6.45, 7) is 4.66. The monoisotopic (exact) mass is 270 g/mol. The third-order valence-electron chi connectivity index (χ3n) is 3.61. The lowest BCUT2D eigenvalue weighted by Gasteiger charge is -2.14. The Morgan fingerprint density at radius 1 is 1.05 bits per heavy atom. The number of ether oxygens (including phenoxy) is 1. The minimum Gasteiger partial charge on any atom is -0.508 e. The molecule has 0 saturated carbocycles. The van der Waals surface area contributed by atoms with Crippen LogP contribution < -0.4 is 4.74 Å². The molecule has 0 saturated heterocycles. The molecular formula is C18H22O2. The summed E-state index contributed by atoms with van der Waals surface area (Å²) in [6, 6.07) is 13.5. The maximum absolute atomic E-state index is 10.0. The highest BCUT2D eigenvalue weighted by Crippen LogP contribution is 2.26. The summed E-state index contributed by atoms with van der Waals surface area (Å²) in [6.07, 6.45) is 3.40. The highest BCUT2D eigenvalue weighted by atomic mass is 16.5. The van der Waals surface area contributed by atoms with Crippen LogP contribution in [0.4, 0.5) is 0 Å². The Morgan fingerprint density at radius 2 is 1.80 bits per heavy atom. The van der Waals surface area contributed by atoms with E-state index < -0.39 is 0 Å². The Morgan fingerprint density at radius 3 is 2.50 bits per heavy atom. The normalized spacial score (nSPS) is 10.5. The first kappa shape index (κ1) is 14.4. The zero-order chi connectivity index (χ0) is 14.4. The maximum atomic E-state index is 10.0. The van der Waals surface area contributed by atoms with E-state index in [1.165, 1.54) is 18.4 Å². The quantitative estimate of drug-likeness (QED) is 0.829. The van der Waals surface area contributed by atoms with E-state index in [4.69, 9.17) is 4.74 Å². The fraction of sp³-hybridized carbons (Fsp3) is 0.333. The van der Waals surface area contributed by atoms with Gasteiger partial charge >= 0.3 is 0 Å². The van der Waals surface area contributed by atoms with E-state index in [0.29, 0.717) is 12.4 Å². The van der Waals surface area contributed by atoms with Gasteiger partial charge in [-0.05, 0) is 49.1 Å². The second-order valence-corrected chi connectivity index (χ2v) is 5.05. The third-order valence-corrected chi connectivity index (χ3v) is 3.61. The van der Waals surface area contributed by atoms with Crippen molar-refractivity contribution < 1.29 is 9.84 Å². The van der Waals surface area contributed by atoms with Crippen LogP contribution in [0.5, 0.6) is 11.5 Å². The molecule has 2 nitrogen and oxygen atoms in total. The van der Waals surface area contributed by atoms with Crippen LogP contribution in [0.1, 0.15) is 36.5 Å². The number of phenols is 1. The second kappa shape index (κ2) is 6.99. The molecule has 0 aromatic heterocycles. The van der Waals surface area contributed by atoms with Gasteiger partial charge in [-0.1, -0.05) is 37.6 Å². The molecular weight excluding hydrogens is 248 g/mol. The summed E-state index contributed by atoms with van der Waals surface area (Å²) in [7, 11) is 0. The van der Waals surface area contributed by atoms with Crippen molar-refractivity contribution in [2.45, 2.75) is 39.7 Å². The Kier molecular flexibility index (Phi) is 5.05. The number of aryl methyl sites for hydroxylation is 1. The largest absolute Gasteiger partial charge is 0.508 e. The van der Waals surface area contributed by atoms with Crippen molar-refractivity contribution in [3.05, 3.63) is 59.2 Å². The molecule has 2 aromatic rings. The minimum atomic E-state index is 0.318. The molecule has 0 atom stereocenters. The van der Waals surface area contributed by atoms with Gasteiger partial charge in [-0.15, -0.1) is 0 Å². The fourth-order valence-electron chi connectivity index (χ4n) is 2.28. The van der Waals surface area contributed by atoms with Crippen molar-refractivity contribution in [1.29, 1.82) is 0 Å². The number of phenolic OH excluding ortho intramolecular Hbond substituents is 1. The predicted molar refractivity (Wildman–Crippen MR) is 82.2 cm³/mol. The number of unbranched alkanes of at least 4 members (excludes halogenated alkanes) is 1. The Hall–Kier alpha value is -1.96. The molecule has 20 heavy (non-hydrogen) atoms. The molecule has 106 valence electrons. The number of hydrogen-bond donors (Lipinski definition) is 1. The van der Waals surface area contributed by atoms with Crippen LogP contribution in [0.25, 0.3) is 0 Å². The molecule has 0 fully saturated rings. The highest BCUT2D eigenvalue weighted by molar-refractivity contribution is 5.43. The summed E-state index contributed by atoms with van der Waals surface area (Å²) < 4.78 is 5.75. The Balaban J connectivity index is 2.14. The number of rotatable bonds is 6. The predicted octanol–water partition coefficient (Wildman–Crippen LogP) is 4.62. The van der Waals surface area contributed by atoms with E-state index in [1.807, 2.05) is 36.4 Å². The van der Waals surface area contributed by atoms with Crippen LogP contribution >= 0.6 is 0 Å². The van der Waals surface area contributed by atoms with Crippen LogP contribution in [-0.4, -0.2) is 5.11 Å². The third kappa shape index (κ3) is 3.53. The molecule has 0 radical (unpaired) electrons. The first-order valence-corrected chi connectivity index (χ1v) is 7.20. The SMILES string of the molecule is CCCCc1ccc(O)c(COc2ccccc2)c1C. The van der Waals surface area contributed by atoms with Crippen molar-refractivity contribution in [1.82, 2.24) is 0 Å². The lowest BCUT2D eigenvalue weighted by atomic mass is 9.98. The maximum Gasteiger partial charge on any atom is 0.122 e. The van der Waals surface area contributed by atoms with Gasteiger partial charge in [0.1, 0.15) is 18.1 Å². The average molecular weight is 270 g/mol. The highest BCUT2D eigenvalue weighted by Gasteiger charge is 2.10. The Labute approximate surface area is 121 Å². The van der Waals surface area contributed by atoms with Crippen LogP contribution in [0.2, 0.25) is 0 Å². The van der Waals surface area contributed by atoms with E-state index in [9.17, 15) is 5.11 Å². The average Bonchev–Trinajstić information content (AvgIpc) is 2.47. The Bertz CT molecular complexity index is 547. The van der Waals surface area contributed by atoms with Crippen LogP contribution in [0.3, 0.4) is 0 Å². The molecule has 0 bridgehead atoms. The zero-order valence-corrected chi connectivity index (χ0v) is 12.2. The summed E-state index contributed by atoms with van der Waals surface area (Å²) in [5.74, 6) is 1.14. The minimum absolute atomic E-state index is 0.318. The lowest BCUT2D eigenvalue weighted by molar-refractivity contribution is 0.298. The van der Waals surface area contributed by atoms with E-state index >= 15 is 0 Å². The molecule has 2 rings (SSSR count). The molecule has 0 amide bonds. The molecule has 2 aromatic carbocycles. The smallest absolute Gasteiger partial charge is 0.122 e. The summed E-state index contributed by atoms with van der Waals surface area (Å²) in [4.78, 5) is 0. The van der Waals surface area contributed by atoms with Gasteiger partial charge in [0.05, 0.1) is 0 Å². The summed E-state index contributed by atoms with van der Waals surface area (Å²) in [5.41, 5.74) is 3.34. The van der Waals surface area contributed by atoms with Crippen molar-refractivity contribution in [2.24, 2.45) is 0 Å². The molecule has 0 aliphatic rings. The van der Waals surface area contributed by atoms with Gasteiger partial charge < -0.3 is 9.84 Å². The molecule has 2 heteroatoms. The van der Waals surface area contributed by atoms with Crippen molar-refractivity contribution in [3.63, 3.8) is 0 Å². The van der Waals surface area contributed by atoms with Gasteiger partial charge in [0, 0.05) is 5.56 Å². The first-order valence-electron chi connectivity index (χ1n) is 7.20. The molecule has 1 N–H and O–H groups in total. The van der Waals surface area contributed by atoms with Gasteiger partial charge in [0.2, 0.25) is 0 Å². The molecule has 0 aliphatic carbocycles. The number of aromatic hydroxyl groups is 1. The fourth-order valence-corrected chi connectivity index (χ4v) is 2.28. The standard InChI is InChI=1S/C18H22O2/c1-3-4-8-15-11-12-18(19)17(14(15)2)13-20-16-9-6-5-7-10-16/h5-7,9-12,19H,3-4,8,13H2,1-2H3. The van der Waals surface area contributed by atoms with Crippen LogP contribution in [-0.2, 0) is 13.0 Å². The summed E-state index contributed by atoms with van der Waals surface area (Å²) in [5, 5.41) is 10.0. The lowest BCUT2D eigenvalue weighted by Crippen LogP contribution is -2.01. The number of hydrogen-bond acceptors (Lipinski definition) is 2. The van der Waals surface area contributed by atoms with Gasteiger partial charge in [0.15, 0.2) is 0 Å². The molecule has 0 heterocycles. The van der Waals surface area contributed by atoms with Crippen molar-refractivity contribution >= 4 is 0 Å². The summed E-state index contributed by atoms with van der Waals surface area (Å²) >= 11 is 0. The van der Waals surface area contributed by atoms with Crippen LogP contribution in [0.15, 0.2) is 42.5 Å². The van der Waals surface area contributed by atoms with E-state index in [1.54, 1.807) is 6.07 Å². The number of benzene rings is 2. The zero-order valence-electron chi connectivity index (χ0n) is 12.2. The van der Waals surface area contributed by atoms with Gasteiger partial charge in [0.25, 0.3) is 0 Å². The van der Waals surface area contributed by atoms with Gasteiger partial charge in [-0.3, -0.25) is 0 Å². The first-order chi connectivity index (χ1) is 9.72. The van der Waals surface area contributed by atoms with Crippen molar-refractivity contribution in [2.75, 3.05) is 0 Å². The van der Waals surface area contributed by atoms with E-state index in [2.05, 4.69) is 13.8 Å². The topological polar surface area (TPSA) is 29.5 Å². The molecule has 0 unspecified atom stereocenters. The van der Waals surface area contributed by atoms with Crippen molar-refractivity contribution in [3.8, 4) is 11.5 Å². The van der Waals surface area contributed by atoms with Crippen LogP contribution in [0, 0.1) is 6.92 Å². The van der Waals surface area contributed by atoms with E-state index in [0.717, 1.165) is 23.3 Å².